The predicted octanol–water partition coefficient (Wildman–Crippen LogP) is 4.76. The van der Waals surface area contributed by atoms with Crippen molar-refractivity contribution in [1.82, 2.24) is 9.97 Å². The number of H-pyrrole nitrogens is 1. The summed E-state index contributed by atoms with van der Waals surface area (Å²) in [5.74, 6) is 0.117. The molecular formula is C18H12Br2F2N2O3. The summed E-state index contributed by atoms with van der Waals surface area (Å²) in [4.78, 5) is 34.8. The average molecular weight is 502 g/mol. The van der Waals surface area contributed by atoms with Crippen molar-refractivity contribution in [2.75, 3.05) is 0 Å². The van der Waals surface area contributed by atoms with Crippen LogP contribution in [0.25, 0.3) is 11.4 Å². The van der Waals surface area contributed by atoms with Gasteiger partial charge in [-0.15, -0.1) is 0 Å². The van der Waals surface area contributed by atoms with Gasteiger partial charge in [0.25, 0.3) is 0 Å². The van der Waals surface area contributed by atoms with E-state index in [4.69, 9.17) is 9.59 Å². The molecule has 0 saturated carbocycles. The molecule has 0 bridgehead atoms. The molecule has 1 N–H and O–H groups in total. The van der Waals surface area contributed by atoms with Crippen molar-refractivity contribution in [2.45, 2.75) is 0 Å². The number of carbonyl (C=O) groups is 3. The molecule has 0 aliphatic heterocycles. The van der Waals surface area contributed by atoms with Crippen LogP contribution in [0.15, 0.2) is 57.7 Å². The van der Waals surface area contributed by atoms with Crippen LogP contribution in [0.3, 0.4) is 0 Å². The van der Waals surface area contributed by atoms with Crippen LogP contribution in [0.1, 0.15) is 10.4 Å². The maximum Gasteiger partial charge on any atom is 0.182 e. The van der Waals surface area contributed by atoms with Crippen LogP contribution >= 0.6 is 31.9 Å². The van der Waals surface area contributed by atoms with E-state index >= 15 is 0 Å². The van der Waals surface area contributed by atoms with E-state index in [9.17, 15) is 13.6 Å². The van der Waals surface area contributed by atoms with Crippen molar-refractivity contribution in [1.29, 1.82) is 0 Å². The van der Waals surface area contributed by atoms with E-state index in [1.165, 1.54) is 30.3 Å². The summed E-state index contributed by atoms with van der Waals surface area (Å²) in [7, 11) is 0. The second-order valence-corrected chi connectivity index (χ2v) is 6.33. The van der Waals surface area contributed by atoms with Gasteiger partial charge in [-0.1, -0.05) is 0 Å². The first-order chi connectivity index (χ1) is 12.9. The third-order valence-corrected chi connectivity index (χ3v) is 4.17. The van der Waals surface area contributed by atoms with Crippen molar-refractivity contribution in [3.8, 4) is 11.4 Å². The summed E-state index contributed by atoms with van der Waals surface area (Å²) in [5.41, 5.74) is 1.31. The van der Waals surface area contributed by atoms with E-state index in [1.54, 1.807) is 18.5 Å². The van der Waals surface area contributed by atoms with E-state index < -0.39 is 0 Å². The molecular weight excluding hydrogens is 490 g/mol. The van der Waals surface area contributed by atoms with E-state index in [-0.39, 0.29) is 24.2 Å². The smallest absolute Gasteiger partial charge is 0.182 e. The Balaban J connectivity index is 0.000000232. The Morgan fingerprint density at radius 2 is 1.48 bits per heavy atom. The Bertz CT molecular complexity index is 898. The maximum absolute atomic E-state index is 12.7. The van der Waals surface area contributed by atoms with Gasteiger partial charge in [-0.2, -0.15) is 0 Å². The van der Waals surface area contributed by atoms with E-state index in [2.05, 4.69) is 41.8 Å². The van der Waals surface area contributed by atoms with Gasteiger partial charge >= 0.3 is 0 Å². The molecule has 0 aliphatic rings. The highest BCUT2D eigenvalue weighted by molar-refractivity contribution is 9.10. The summed E-state index contributed by atoms with van der Waals surface area (Å²) in [6.07, 6.45) is 4.44. The van der Waals surface area contributed by atoms with Gasteiger partial charge in [-0.25, -0.2) is 13.8 Å². The molecule has 3 rings (SSSR count). The van der Waals surface area contributed by atoms with Gasteiger partial charge < -0.3 is 4.98 Å². The first kappa shape index (κ1) is 22.5. The standard InChI is InChI=1S/C9H6BrFN2.C7H4BrFO.C2H2O2/c10-8-5-6(11)1-2-7(8)9-12-3-4-13-9;8-7-3-6(9)2-1-5(7)4-10;3-1-2-4/h1-5H,(H,12,13);1-4H;1-2H. The Hall–Kier alpha value is -2.52. The normalized spacial score (nSPS) is 9.19. The summed E-state index contributed by atoms with van der Waals surface area (Å²) >= 11 is 6.30. The molecule has 0 radical (unpaired) electrons. The van der Waals surface area contributed by atoms with Crippen LogP contribution in [-0.2, 0) is 9.59 Å². The molecule has 3 aromatic rings. The van der Waals surface area contributed by atoms with E-state index in [0.717, 1.165) is 11.4 Å². The third kappa shape index (κ3) is 7.71. The van der Waals surface area contributed by atoms with Crippen LogP contribution < -0.4 is 0 Å². The SMILES string of the molecule is Fc1ccc(-c2ncc[nH]2)c(Br)c1.O=CC=O.O=Cc1ccc(F)cc1Br. The molecule has 0 fully saturated rings. The van der Waals surface area contributed by atoms with Gasteiger partial charge in [0.15, 0.2) is 18.9 Å². The Morgan fingerprint density at radius 3 is 1.93 bits per heavy atom. The van der Waals surface area contributed by atoms with Gasteiger partial charge in [0, 0.05) is 32.5 Å². The summed E-state index contributed by atoms with van der Waals surface area (Å²) in [6, 6.07) is 8.42. The lowest BCUT2D eigenvalue weighted by Crippen LogP contribution is -1.83. The van der Waals surface area contributed by atoms with Gasteiger partial charge in [0.05, 0.1) is 0 Å². The molecule has 0 saturated heterocycles. The number of rotatable bonds is 3. The number of nitrogens with one attached hydrogen (secondary N) is 1. The molecule has 0 amide bonds. The van der Waals surface area contributed by atoms with Crippen molar-refractivity contribution >= 4 is 50.7 Å². The van der Waals surface area contributed by atoms with Crippen molar-refractivity contribution in [3.63, 3.8) is 0 Å². The molecule has 0 atom stereocenters. The second kappa shape index (κ2) is 12.0. The minimum atomic E-state index is -0.350. The second-order valence-electron chi connectivity index (χ2n) is 4.62. The number of imidazole rings is 1. The molecule has 0 aliphatic carbocycles. The number of aromatic nitrogens is 2. The van der Waals surface area contributed by atoms with Crippen LogP contribution in [0, 0.1) is 11.6 Å². The Labute approximate surface area is 170 Å². The fourth-order valence-corrected chi connectivity index (χ4v) is 2.67. The van der Waals surface area contributed by atoms with Crippen LogP contribution in [0.5, 0.6) is 0 Å². The van der Waals surface area contributed by atoms with Gasteiger partial charge in [0.2, 0.25) is 0 Å². The lowest BCUT2D eigenvalue weighted by Gasteiger charge is -1.99. The highest BCUT2D eigenvalue weighted by Crippen LogP contribution is 2.25. The Morgan fingerprint density at radius 1 is 0.889 bits per heavy atom. The first-order valence-corrected chi connectivity index (χ1v) is 8.75. The molecule has 2 aromatic carbocycles. The highest BCUT2D eigenvalue weighted by Gasteiger charge is 2.05. The van der Waals surface area contributed by atoms with E-state index in [1.807, 2.05) is 0 Å². The minimum Gasteiger partial charge on any atom is -0.345 e. The first-order valence-electron chi connectivity index (χ1n) is 7.16. The van der Waals surface area contributed by atoms with Crippen LogP contribution in [0.4, 0.5) is 8.78 Å². The van der Waals surface area contributed by atoms with Crippen molar-refractivity contribution in [2.24, 2.45) is 0 Å². The molecule has 0 unspecified atom stereocenters. The number of nitrogens with zero attached hydrogens (tertiary/aromatic N) is 1. The number of hydrogen-bond donors (Lipinski definition) is 1. The summed E-state index contributed by atoms with van der Waals surface area (Å²) < 4.78 is 26.3. The molecule has 27 heavy (non-hydrogen) atoms. The highest BCUT2D eigenvalue weighted by atomic mass is 79.9. The zero-order valence-corrected chi connectivity index (χ0v) is 16.7. The number of aldehydes is 3. The van der Waals surface area contributed by atoms with Gasteiger partial charge in [-0.3, -0.25) is 14.4 Å². The lowest BCUT2D eigenvalue weighted by atomic mass is 10.2. The topological polar surface area (TPSA) is 79.9 Å². The fraction of sp³-hybridized carbons (Fsp3) is 0. The molecule has 9 heteroatoms. The Kier molecular flexibility index (Phi) is 9.99. The number of benzene rings is 2. The van der Waals surface area contributed by atoms with Crippen molar-refractivity contribution < 1.29 is 23.2 Å². The maximum atomic E-state index is 12.7. The number of aromatic amines is 1. The minimum absolute atomic E-state index is 0.194. The molecule has 140 valence electrons. The van der Waals surface area contributed by atoms with Gasteiger partial charge in [0.1, 0.15) is 17.5 Å². The molecule has 1 aromatic heterocycles. The van der Waals surface area contributed by atoms with Crippen LogP contribution in [0.2, 0.25) is 0 Å². The van der Waals surface area contributed by atoms with E-state index in [0.29, 0.717) is 20.8 Å². The zero-order chi connectivity index (χ0) is 20.2. The van der Waals surface area contributed by atoms with Crippen molar-refractivity contribution in [3.05, 3.63) is 74.9 Å². The molecule has 5 nitrogen and oxygen atoms in total. The van der Waals surface area contributed by atoms with Gasteiger partial charge in [-0.05, 0) is 68.3 Å². The summed E-state index contributed by atoms with van der Waals surface area (Å²) in [6.45, 7) is 0. The monoisotopic (exact) mass is 500 g/mol. The summed E-state index contributed by atoms with van der Waals surface area (Å²) in [5, 5.41) is 0. The third-order valence-electron chi connectivity index (χ3n) is 2.83. The quantitative estimate of drug-likeness (QED) is 0.414. The number of hydrogen-bond acceptors (Lipinski definition) is 4. The average Bonchev–Trinajstić information content (AvgIpc) is 3.17. The largest absolute Gasteiger partial charge is 0.345 e. The zero-order valence-electron chi connectivity index (χ0n) is 13.5. The lowest BCUT2D eigenvalue weighted by molar-refractivity contribution is -0.122. The van der Waals surface area contributed by atoms with Crippen LogP contribution in [-0.4, -0.2) is 28.8 Å². The number of carbonyl (C=O) groups excluding carboxylic acids is 3. The fourth-order valence-electron chi connectivity index (χ4n) is 1.69. The molecule has 1 heterocycles. The predicted molar refractivity (Wildman–Crippen MR) is 103 cm³/mol. The molecule has 0 spiro atoms. The number of halogens is 4.